The first kappa shape index (κ1) is 12.9. The van der Waals surface area contributed by atoms with Crippen molar-refractivity contribution in [3.63, 3.8) is 0 Å². The number of aromatic amines is 2. The normalized spacial score (nSPS) is 11.3. The van der Waals surface area contributed by atoms with E-state index in [-0.39, 0.29) is 5.75 Å². The molecular weight excluding hydrogens is 272 g/mol. The number of nitrogens with zero attached hydrogens (tertiary/aromatic N) is 4. The molecule has 0 saturated carbocycles. The molecule has 0 bridgehead atoms. The van der Waals surface area contributed by atoms with E-state index in [9.17, 15) is 9.90 Å². The lowest BCUT2D eigenvalue weighted by Gasteiger charge is -2.11. The summed E-state index contributed by atoms with van der Waals surface area (Å²) in [4.78, 5) is 24.9. The van der Waals surface area contributed by atoms with E-state index in [2.05, 4.69) is 25.0 Å². The van der Waals surface area contributed by atoms with E-state index in [4.69, 9.17) is 0 Å². The van der Waals surface area contributed by atoms with E-state index in [0.29, 0.717) is 17.0 Å². The number of phenolic OH excluding ortho intramolecular Hbond substituents is 1. The maximum atomic E-state index is 11.5. The molecule has 0 atom stereocenters. The highest BCUT2D eigenvalue weighted by Crippen LogP contribution is 2.17. The number of anilines is 1. The van der Waals surface area contributed by atoms with Crippen LogP contribution in [0.5, 0.6) is 5.75 Å². The van der Waals surface area contributed by atoms with Crippen LogP contribution in [0.4, 0.5) is 5.82 Å². The van der Waals surface area contributed by atoms with E-state index in [1.165, 1.54) is 11.3 Å². The number of hydrogen-bond donors (Lipinski definition) is 3. The molecule has 106 valence electrons. The van der Waals surface area contributed by atoms with Crippen LogP contribution in [0.25, 0.3) is 11.2 Å². The second-order valence-corrected chi connectivity index (χ2v) is 4.35. The predicted molar refractivity (Wildman–Crippen MR) is 78.6 cm³/mol. The quantitative estimate of drug-likeness (QED) is 0.487. The van der Waals surface area contributed by atoms with Gasteiger partial charge in [0.2, 0.25) is 0 Å². The molecule has 2 aromatic heterocycles. The van der Waals surface area contributed by atoms with Crippen LogP contribution in [0.15, 0.2) is 40.5 Å². The number of aromatic hydroxyl groups is 1. The zero-order chi connectivity index (χ0) is 14.8. The second kappa shape index (κ2) is 5.08. The standard InChI is InChI=1S/C13H12N6O2/c1-19(16-6-8-2-4-9(20)5-3-8)12-10-11(15-7-14-10)17-13(21)18-12/h2-7,20H,1H3,(H2,14,15,17,18,21). The number of aromatic nitrogens is 4. The monoisotopic (exact) mass is 284 g/mol. The van der Waals surface area contributed by atoms with Crippen molar-refractivity contribution < 1.29 is 5.11 Å². The topological polar surface area (TPSA) is 110 Å². The molecule has 1 aromatic carbocycles. The van der Waals surface area contributed by atoms with Gasteiger partial charge in [0.05, 0.1) is 12.5 Å². The van der Waals surface area contributed by atoms with Gasteiger partial charge in [-0.25, -0.2) is 14.8 Å². The lowest BCUT2D eigenvalue weighted by atomic mass is 10.2. The van der Waals surface area contributed by atoms with Crippen LogP contribution < -0.4 is 10.7 Å². The van der Waals surface area contributed by atoms with Gasteiger partial charge in [-0.05, 0) is 29.8 Å². The van der Waals surface area contributed by atoms with Crippen molar-refractivity contribution in [1.82, 2.24) is 19.9 Å². The Morgan fingerprint density at radius 3 is 2.86 bits per heavy atom. The Kier molecular flexibility index (Phi) is 3.11. The molecule has 0 fully saturated rings. The highest BCUT2D eigenvalue weighted by molar-refractivity contribution is 5.84. The van der Waals surface area contributed by atoms with Crippen LogP contribution in [-0.2, 0) is 0 Å². The molecule has 0 saturated heterocycles. The maximum absolute atomic E-state index is 11.5. The van der Waals surface area contributed by atoms with Crippen LogP contribution >= 0.6 is 0 Å². The fraction of sp³-hybridized carbons (Fsp3) is 0.0769. The van der Waals surface area contributed by atoms with Crippen molar-refractivity contribution >= 4 is 23.2 Å². The minimum atomic E-state index is -0.478. The van der Waals surface area contributed by atoms with Crippen molar-refractivity contribution in [1.29, 1.82) is 0 Å². The lowest BCUT2D eigenvalue weighted by molar-refractivity contribution is 0.475. The summed E-state index contributed by atoms with van der Waals surface area (Å²) in [5, 5.41) is 14.9. The number of phenols is 1. The summed E-state index contributed by atoms with van der Waals surface area (Å²) in [6, 6.07) is 6.58. The molecule has 21 heavy (non-hydrogen) atoms. The van der Waals surface area contributed by atoms with E-state index < -0.39 is 5.69 Å². The van der Waals surface area contributed by atoms with E-state index in [1.807, 2.05) is 0 Å². The third kappa shape index (κ3) is 2.59. The minimum Gasteiger partial charge on any atom is -0.508 e. The SMILES string of the molecule is CN(N=Cc1ccc(O)cc1)c1nc(=O)[nH]c2[nH]cnc12. The van der Waals surface area contributed by atoms with E-state index >= 15 is 0 Å². The largest absolute Gasteiger partial charge is 0.508 e. The summed E-state index contributed by atoms with van der Waals surface area (Å²) in [7, 11) is 1.67. The summed E-state index contributed by atoms with van der Waals surface area (Å²) in [6.07, 6.45) is 3.07. The predicted octanol–water partition coefficient (Wildman–Crippen LogP) is 0.822. The highest BCUT2D eigenvalue weighted by Gasteiger charge is 2.10. The third-order valence-electron chi connectivity index (χ3n) is 2.87. The van der Waals surface area contributed by atoms with Gasteiger partial charge in [-0.3, -0.25) is 4.98 Å². The summed E-state index contributed by atoms with van der Waals surface area (Å²) < 4.78 is 0. The van der Waals surface area contributed by atoms with Gasteiger partial charge in [0, 0.05) is 7.05 Å². The van der Waals surface area contributed by atoms with Crippen molar-refractivity contribution in [2.45, 2.75) is 0 Å². The number of imidazole rings is 1. The van der Waals surface area contributed by atoms with Gasteiger partial charge in [0.1, 0.15) is 16.9 Å². The van der Waals surface area contributed by atoms with Crippen LogP contribution in [0.2, 0.25) is 0 Å². The zero-order valence-electron chi connectivity index (χ0n) is 11.1. The molecule has 8 heteroatoms. The van der Waals surface area contributed by atoms with Crippen molar-refractivity contribution in [3.8, 4) is 5.75 Å². The Morgan fingerprint density at radius 2 is 2.10 bits per heavy atom. The fourth-order valence-electron chi connectivity index (χ4n) is 1.84. The third-order valence-corrected chi connectivity index (χ3v) is 2.87. The average Bonchev–Trinajstić information content (AvgIpc) is 2.93. The smallest absolute Gasteiger partial charge is 0.348 e. The van der Waals surface area contributed by atoms with E-state index in [1.54, 1.807) is 37.5 Å². The molecule has 3 aromatic rings. The Hall–Kier alpha value is -3.16. The molecule has 0 aliphatic rings. The molecule has 3 rings (SSSR count). The first-order valence-corrected chi connectivity index (χ1v) is 6.13. The number of H-pyrrole nitrogens is 2. The van der Waals surface area contributed by atoms with Gasteiger partial charge in [-0.2, -0.15) is 10.1 Å². The molecular formula is C13H12N6O2. The first-order valence-electron chi connectivity index (χ1n) is 6.13. The highest BCUT2D eigenvalue weighted by atomic mass is 16.3. The van der Waals surface area contributed by atoms with Crippen LogP contribution in [0.3, 0.4) is 0 Å². The van der Waals surface area contributed by atoms with Crippen LogP contribution in [-0.4, -0.2) is 38.3 Å². The van der Waals surface area contributed by atoms with Gasteiger partial charge in [0.15, 0.2) is 5.82 Å². The lowest BCUT2D eigenvalue weighted by Crippen LogP contribution is -2.18. The number of hydrazone groups is 1. The second-order valence-electron chi connectivity index (χ2n) is 4.35. The number of fused-ring (bicyclic) bond motifs is 1. The fourth-order valence-corrected chi connectivity index (χ4v) is 1.84. The van der Waals surface area contributed by atoms with Gasteiger partial charge in [-0.1, -0.05) is 0 Å². The molecule has 0 aliphatic heterocycles. The summed E-state index contributed by atoms with van der Waals surface area (Å²) >= 11 is 0. The Balaban J connectivity index is 1.93. The number of benzene rings is 1. The van der Waals surface area contributed by atoms with Crippen molar-refractivity contribution in [2.24, 2.45) is 5.10 Å². The van der Waals surface area contributed by atoms with Crippen LogP contribution in [0.1, 0.15) is 5.56 Å². The van der Waals surface area contributed by atoms with Crippen molar-refractivity contribution in [3.05, 3.63) is 46.6 Å². The number of rotatable bonds is 3. The summed E-state index contributed by atoms with van der Waals surface area (Å²) in [5.74, 6) is 0.542. The van der Waals surface area contributed by atoms with Gasteiger partial charge in [0.25, 0.3) is 0 Å². The zero-order valence-corrected chi connectivity index (χ0v) is 11.1. The van der Waals surface area contributed by atoms with Crippen molar-refractivity contribution in [2.75, 3.05) is 12.1 Å². The summed E-state index contributed by atoms with van der Waals surface area (Å²) in [6.45, 7) is 0. The van der Waals surface area contributed by atoms with Crippen LogP contribution in [0, 0.1) is 0 Å². The van der Waals surface area contributed by atoms with Gasteiger partial charge < -0.3 is 10.1 Å². The average molecular weight is 284 g/mol. The summed E-state index contributed by atoms with van der Waals surface area (Å²) in [5.41, 5.74) is 1.35. The molecule has 3 N–H and O–H groups in total. The molecule has 2 heterocycles. The molecule has 0 spiro atoms. The van der Waals surface area contributed by atoms with Gasteiger partial charge >= 0.3 is 5.69 Å². The Morgan fingerprint density at radius 1 is 1.33 bits per heavy atom. The first-order chi connectivity index (χ1) is 10.1. The Bertz CT molecular complexity index is 849. The van der Waals surface area contributed by atoms with Gasteiger partial charge in [-0.15, -0.1) is 0 Å². The Labute approximate surface area is 118 Å². The number of hydrogen-bond acceptors (Lipinski definition) is 6. The molecule has 0 unspecified atom stereocenters. The molecule has 8 nitrogen and oxygen atoms in total. The minimum absolute atomic E-state index is 0.190. The molecule has 0 radical (unpaired) electrons. The maximum Gasteiger partial charge on any atom is 0.348 e. The molecule has 0 amide bonds. The number of nitrogens with one attached hydrogen (secondary N) is 2. The van der Waals surface area contributed by atoms with E-state index in [0.717, 1.165) is 5.56 Å². The molecule has 0 aliphatic carbocycles.